The van der Waals surface area contributed by atoms with Gasteiger partial charge in [-0.05, 0) is 73.8 Å². The Kier molecular flexibility index (Phi) is 3.54. The zero-order valence-corrected chi connectivity index (χ0v) is 16.9. The zero-order chi connectivity index (χ0) is 20.0. The van der Waals surface area contributed by atoms with E-state index in [0.717, 1.165) is 44.1 Å². The topological polar surface area (TPSA) is 76.9 Å². The minimum atomic E-state index is -0.332. The highest BCUT2D eigenvalue weighted by molar-refractivity contribution is 5.82. The number of Topliss-reactive ketones (excluding diaryl/α,β-unsaturated/α-hetero) is 1. The monoisotopic (exact) mass is 396 g/mol. The predicted octanol–water partition coefficient (Wildman–Crippen LogP) is 3.65. The smallest absolute Gasteiger partial charge is 0.335 e. The molecule has 4 saturated carbocycles. The summed E-state index contributed by atoms with van der Waals surface area (Å²) in [6.45, 7) is 2.36. The van der Waals surface area contributed by atoms with Crippen molar-refractivity contribution in [1.82, 2.24) is 0 Å². The van der Waals surface area contributed by atoms with Gasteiger partial charge >= 0.3 is 5.63 Å². The van der Waals surface area contributed by atoms with Crippen LogP contribution in [0, 0.1) is 28.6 Å². The number of carbonyl (C=O) groups is 2. The van der Waals surface area contributed by atoms with E-state index in [1.165, 1.54) is 12.4 Å². The Balaban J connectivity index is 1.38. The fraction of sp³-hybridized carbons (Fsp3) is 0.708. The first-order chi connectivity index (χ1) is 13.9. The summed E-state index contributed by atoms with van der Waals surface area (Å²) in [7, 11) is 0. The molecule has 0 aromatic carbocycles. The number of ether oxygens (including phenoxy) is 1. The summed E-state index contributed by atoms with van der Waals surface area (Å²) in [5.74, 6) is 1.60. The van der Waals surface area contributed by atoms with Crippen molar-refractivity contribution in [1.29, 1.82) is 0 Å². The highest BCUT2D eigenvalue weighted by atomic mass is 16.6. The first kappa shape index (κ1) is 18.1. The van der Waals surface area contributed by atoms with E-state index in [0.29, 0.717) is 36.4 Å². The van der Waals surface area contributed by atoms with Gasteiger partial charge in [-0.3, -0.25) is 4.79 Å². The lowest BCUT2D eigenvalue weighted by atomic mass is 9.44. The lowest BCUT2D eigenvalue weighted by Gasteiger charge is -2.59. The maximum atomic E-state index is 12.5. The molecular weight excluding hydrogens is 368 g/mol. The Morgan fingerprint density at radius 3 is 2.72 bits per heavy atom. The summed E-state index contributed by atoms with van der Waals surface area (Å²) >= 11 is 0. The number of epoxide rings is 1. The lowest BCUT2D eigenvalue weighted by Crippen LogP contribution is -2.59. The van der Waals surface area contributed by atoms with Crippen molar-refractivity contribution in [3.05, 3.63) is 34.4 Å². The molecular formula is C24H28O5. The van der Waals surface area contributed by atoms with Crippen LogP contribution in [0.1, 0.15) is 69.8 Å². The summed E-state index contributed by atoms with van der Waals surface area (Å²) in [5, 5.41) is 0. The maximum absolute atomic E-state index is 12.5. The summed E-state index contributed by atoms with van der Waals surface area (Å²) in [6, 6.07) is 3.44. The van der Waals surface area contributed by atoms with E-state index >= 15 is 0 Å². The quantitative estimate of drug-likeness (QED) is 0.563. The molecule has 1 saturated heterocycles. The van der Waals surface area contributed by atoms with Crippen molar-refractivity contribution in [3.63, 3.8) is 0 Å². The van der Waals surface area contributed by atoms with E-state index in [9.17, 15) is 14.4 Å². The van der Waals surface area contributed by atoms with E-state index in [1.807, 2.05) is 6.07 Å². The van der Waals surface area contributed by atoms with E-state index in [-0.39, 0.29) is 34.1 Å². The lowest BCUT2D eigenvalue weighted by molar-refractivity contribution is -0.156. The third-order valence-corrected chi connectivity index (χ3v) is 9.81. The van der Waals surface area contributed by atoms with Crippen molar-refractivity contribution in [2.24, 2.45) is 28.6 Å². The van der Waals surface area contributed by atoms with Crippen LogP contribution in [0.4, 0.5) is 0 Å². The highest BCUT2D eigenvalue weighted by Crippen LogP contribution is 2.77. The number of carbonyl (C=O) groups excluding carboxylic acids is 2. The Morgan fingerprint density at radius 1 is 1.10 bits per heavy atom. The number of ketones is 1. The Hall–Kier alpha value is -1.75. The Labute approximate surface area is 170 Å². The van der Waals surface area contributed by atoms with Crippen molar-refractivity contribution < 1.29 is 18.7 Å². The minimum absolute atomic E-state index is 0.000150. The third-order valence-electron chi connectivity index (χ3n) is 9.81. The van der Waals surface area contributed by atoms with E-state index < -0.39 is 0 Å². The van der Waals surface area contributed by atoms with Crippen LogP contribution in [0.15, 0.2) is 27.6 Å². The summed E-state index contributed by atoms with van der Waals surface area (Å²) in [4.78, 5) is 36.0. The summed E-state index contributed by atoms with van der Waals surface area (Å²) in [6.07, 6.45) is 10.00. The second kappa shape index (κ2) is 5.69. The van der Waals surface area contributed by atoms with Crippen LogP contribution in [-0.2, 0) is 14.3 Å². The van der Waals surface area contributed by atoms with Crippen LogP contribution in [0.2, 0.25) is 0 Å². The number of fused-ring (bicyclic) bond motifs is 3. The van der Waals surface area contributed by atoms with Crippen molar-refractivity contribution in [2.75, 3.05) is 0 Å². The first-order valence-electron chi connectivity index (χ1n) is 11.2. The molecule has 154 valence electrons. The van der Waals surface area contributed by atoms with Gasteiger partial charge in [0.15, 0.2) is 0 Å². The molecule has 0 unspecified atom stereocenters. The molecule has 5 fully saturated rings. The molecule has 0 radical (unpaired) electrons. The van der Waals surface area contributed by atoms with Crippen LogP contribution in [-0.4, -0.2) is 23.8 Å². The van der Waals surface area contributed by atoms with Gasteiger partial charge < -0.3 is 13.9 Å². The molecule has 4 aliphatic carbocycles. The van der Waals surface area contributed by atoms with Crippen LogP contribution in [0.3, 0.4) is 0 Å². The van der Waals surface area contributed by atoms with E-state index in [4.69, 9.17) is 9.15 Å². The molecule has 8 atom stereocenters. The van der Waals surface area contributed by atoms with Crippen LogP contribution < -0.4 is 5.63 Å². The molecule has 29 heavy (non-hydrogen) atoms. The predicted molar refractivity (Wildman–Crippen MR) is 104 cm³/mol. The van der Waals surface area contributed by atoms with Gasteiger partial charge in [-0.2, -0.15) is 0 Å². The second-order valence-corrected chi connectivity index (χ2v) is 10.5. The first-order valence-corrected chi connectivity index (χ1v) is 11.2. The molecule has 5 aliphatic rings. The van der Waals surface area contributed by atoms with Crippen LogP contribution >= 0.6 is 0 Å². The van der Waals surface area contributed by atoms with E-state index in [1.54, 1.807) is 6.26 Å². The number of hydrogen-bond donors (Lipinski definition) is 0. The Morgan fingerprint density at radius 2 is 1.97 bits per heavy atom. The number of hydrogen-bond acceptors (Lipinski definition) is 5. The van der Waals surface area contributed by atoms with Gasteiger partial charge in [-0.25, -0.2) is 4.79 Å². The van der Waals surface area contributed by atoms with Gasteiger partial charge in [-0.15, -0.1) is 0 Å². The molecule has 1 aliphatic heterocycles. The van der Waals surface area contributed by atoms with Gasteiger partial charge in [0, 0.05) is 29.7 Å². The average molecular weight is 396 g/mol. The molecule has 5 nitrogen and oxygen atoms in total. The fourth-order valence-electron chi connectivity index (χ4n) is 8.49. The molecule has 6 rings (SSSR count). The van der Waals surface area contributed by atoms with Gasteiger partial charge in [0.2, 0.25) is 0 Å². The molecule has 5 heteroatoms. The second-order valence-electron chi connectivity index (χ2n) is 10.5. The molecule has 0 bridgehead atoms. The summed E-state index contributed by atoms with van der Waals surface area (Å²) in [5.41, 5.74) is 0.304. The van der Waals surface area contributed by atoms with Crippen molar-refractivity contribution in [3.8, 4) is 0 Å². The standard InChI is InChI=1S/C24H28O5/c1-22-8-7-17-18(4-3-15-10-16(26)6-9-23(15,17)13-25)24(22)20(29-24)11-19(22)14-2-5-21(27)28-12-14/h2,5,12-13,15,17-20H,3-4,6-11H2,1H3/t15-,17+,18-,19-,20-,22-,23-,24-/m1/s1. The summed E-state index contributed by atoms with van der Waals surface area (Å²) < 4.78 is 11.7. The molecule has 0 amide bonds. The minimum Gasteiger partial charge on any atom is -0.431 e. The molecule has 1 aromatic rings. The van der Waals surface area contributed by atoms with Crippen molar-refractivity contribution >= 4 is 12.1 Å². The third kappa shape index (κ3) is 2.08. The SMILES string of the molecule is C[C@]12CC[C@H]3[C@@H](CC[C@@H]4CC(=O)CC[C@@]43C=O)[C@]13O[C@@H]3C[C@@H]2c1ccc(=O)oc1. The zero-order valence-electron chi connectivity index (χ0n) is 16.9. The Bertz CT molecular complexity index is 930. The molecule has 2 heterocycles. The molecule has 1 spiro atoms. The highest BCUT2D eigenvalue weighted by Gasteiger charge is 2.80. The van der Waals surface area contributed by atoms with Gasteiger partial charge in [-0.1, -0.05) is 6.92 Å². The average Bonchev–Trinajstić information content (AvgIpc) is 3.38. The number of rotatable bonds is 2. The van der Waals surface area contributed by atoms with Gasteiger partial charge in [0.25, 0.3) is 0 Å². The van der Waals surface area contributed by atoms with Crippen LogP contribution in [0.5, 0.6) is 0 Å². The maximum Gasteiger partial charge on any atom is 0.335 e. The normalized spacial score (nSPS) is 50.1. The largest absolute Gasteiger partial charge is 0.431 e. The van der Waals surface area contributed by atoms with E-state index in [2.05, 4.69) is 6.92 Å². The van der Waals surface area contributed by atoms with Crippen molar-refractivity contribution in [2.45, 2.75) is 75.9 Å². The van der Waals surface area contributed by atoms with Gasteiger partial charge in [0.05, 0.1) is 12.4 Å². The van der Waals surface area contributed by atoms with Gasteiger partial charge in [0.1, 0.15) is 17.7 Å². The molecule has 0 N–H and O–H groups in total. The fourth-order valence-corrected chi connectivity index (χ4v) is 8.49. The molecule has 1 aromatic heterocycles. The van der Waals surface area contributed by atoms with Crippen LogP contribution in [0.25, 0.3) is 0 Å². The number of aldehydes is 1.